The second kappa shape index (κ2) is 13.1. The Morgan fingerprint density at radius 1 is 1.27 bits per heavy atom. The monoisotopic (exact) mass is 308 g/mol. The molecule has 1 N–H and O–H groups in total. The largest absolute Gasteiger partial charge is 0.478 e. The van der Waals surface area contributed by atoms with Crippen LogP contribution in [-0.2, 0) is 24.0 Å². The lowest BCUT2D eigenvalue weighted by Gasteiger charge is -1.98. The number of carboxylic acids is 1. The first-order valence-corrected chi connectivity index (χ1v) is 5.98. The standard InChI is InChI=1S/C7H7NO3.C7H9NO3/c1-5(2)7(11)6(3-9)8-4-10;1-6(7(10)11)3-2-4-8-5-9/h3,6H,1H2,2H3;1-4H2,(H,10,11). The van der Waals surface area contributed by atoms with Gasteiger partial charge in [0.05, 0.1) is 6.54 Å². The Hall–Kier alpha value is -2.95. The third kappa shape index (κ3) is 10.9. The number of nitrogens with zero attached hydrogens (tertiary/aromatic N) is 2. The normalized spacial score (nSPS) is 9.68. The quantitative estimate of drug-likeness (QED) is 0.167. The lowest BCUT2D eigenvalue weighted by molar-refractivity contribution is -0.132. The van der Waals surface area contributed by atoms with E-state index in [2.05, 4.69) is 23.1 Å². The van der Waals surface area contributed by atoms with E-state index in [1.165, 1.54) is 13.0 Å². The van der Waals surface area contributed by atoms with Crippen LogP contribution in [0.15, 0.2) is 34.3 Å². The molecule has 0 amide bonds. The summed E-state index contributed by atoms with van der Waals surface area (Å²) in [4.78, 5) is 56.6. The van der Waals surface area contributed by atoms with E-state index in [4.69, 9.17) is 5.11 Å². The van der Waals surface area contributed by atoms with Crippen LogP contribution in [0.1, 0.15) is 19.8 Å². The maximum atomic E-state index is 10.9. The lowest BCUT2D eigenvalue weighted by atomic mass is 10.1. The summed E-state index contributed by atoms with van der Waals surface area (Å²) in [7, 11) is 0. The van der Waals surface area contributed by atoms with Gasteiger partial charge in [0.15, 0.2) is 18.1 Å². The minimum atomic E-state index is -1.26. The van der Waals surface area contributed by atoms with Crippen molar-refractivity contribution in [1.82, 2.24) is 0 Å². The van der Waals surface area contributed by atoms with Crippen LogP contribution in [0, 0.1) is 0 Å². The molecule has 0 rings (SSSR count). The van der Waals surface area contributed by atoms with Gasteiger partial charge in [0, 0.05) is 5.57 Å². The molecule has 8 heteroatoms. The van der Waals surface area contributed by atoms with Gasteiger partial charge in [0.2, 0.25) is 12.2 Å². The van der Waals surface area contributed by atoms with Gasteiger partial charge in [-0.05, 0) is 25.3 Å². The van der Waals surface area contributed by atoms with Gasteiger partial charge in [-0.1, -0.05) is 13.2 Å². The minimum Gasteiger partial charge on any atom is -0.478 e. The number of carbonyl (C=O) groups excluding carboxylic acids is 4. The summed E-state index contributed by atoms with van der Waals surface area (Å²) in [5.41, 5.74) is 0.340. The number of rotatable bonds is 9. The van der Waals surface area contributed by atoms with E-state index in [9.17, 15) is 24.0 Å². The van der Waals surface area contributed by atoms with Gasteiger partial charge in [-0.3, -0.25) is 4.79 Å². The van der Waals surface area contributed by atoms with Gasteiger partial charge in [-0.2, -0.15) is 4.99 Å². The van der Waals surface area contributed by atoms with Gasteiger partial charge >= 0.3 is 5.97 Å². The van der Waals surface area contributed by atoms with Crippen molar-refractivity contribution in [1.29, 1.82) is 0 Å². The van der Waals surface area contributed by atoms with Crippen molar-refractivity contribution in [2.45, 2.75) is 25.8 Å². The number of ketones is 1. The second-order valence-electron chi connectivity index (χ2n) is 3.93. The highest BCUT2D eigenvalue weighted by atomic mass is 16.4. The molecule has 0 saturated heterocycles. The van der Waals surface area contributed by atoms with Gasteiger partial charge in [0.1, 0.15) is 0 Å². The van der Waals surface area contributed by atoms with Crippen molar-refractivity contribution >= 4 is 30.2 Å². The highest BCUT2D eigenvalue weighted by Gasteiger charge is 2.16. The number of aldehydes is 1. The van der Waals surface area contributed by atoms with Crippen LogP contribution >= 0.6 is 0 Å². The Morgan fingerprint density at radius 2 is 1.86 bits per heavy atom. The van der Waals surface area contributed by atoms with E-state index in [1.54, 1.807) is 0 Å². The Balaban J connectivity index is 0. The maximum Gasteiger partial charge on any atom is 0.330 e. The van der Waals surface area contributed by atoms with Crippen molar-refractivity contribution in [2.24, 2.45) is 9.98 Å². The van der Waals surface area contributed by atoms with Crippen molar-refractivity contribution in [2.75, 3.05) is 6.54 Å². The summed E-state index contributed by atoms with van der Waals surface area (Å²) < 4.78 is 0. The van der Waals surface area contributed by atoms with E-state index in [0.717, 1.165) is 6.08 Å². The molecule has 0 heterocycles. The van der Waals surface area contributed by atoms with Crippen molar-refractivity contribution < 1.29 is 29.1 Å². The zero-order chi connectivity index (χ0) is 17.5. The summed E-state index contributed by atoms with van der Waals surface area (Å²) in [6, 6.07) is -1.26. The topological polar surface area (TPSA) is 130 Å². The molecule has 0 aliphatic heterocycles. The van der Waals surface area contributed by atoms with Crippen LogP contribution < -0.4 is 0 Å². The van der Waals surface area contributed by atoms with Crippen LogP contribution in [0.5, 0.6) is 0 Å². The number of carboxylic acid groups (broad SMARTS) is 1. The molecule has 118 valence electrons. The Morgan fingerprint density at radius 3 is 2.23 bits per heavy atom. The van der Waals surface area contributed by atoms with E-state index >= 15 is 0 Å². The highest BCUT2D eigenvalue weighted by molar-refractivity contribution is 6.07. The molecule has 8 nitrogen and oxygen atoms in total. The predicted octanol–water partition coefficient (Wildman–Crippen LogP) is 0.778. The van der Waals surface area contributed by atoms with Crippen LogP contribution in [-0.4, -0.2) is 47.9 Å². The molecule has 0 radical (unpaired) electrons. The fourth-order valence-electron chi connectivity index (χ4n) is 0.984. The molecule has 0 bridgehead atoms. The summed E-state index contributed by atoms with van der Waals surface area (Å²) in [6.45, 7) is 8.38. The molecule has 22 heavy (non-hydrogen) atoms. The van der Waals surface area contributed by atoms with Gasteiger partial charge < -0.3 is 9.90 Å². The fraction of sp³-hybridized carbons (Fsp3) is 0.357. The van der Waals surface area contributed by atoms with E-state index in [-0.39, 0.29) is 17.4 Å². The van der Waals surface area contributed by atoms with E-state index < -0.39 is 17.8 Å². The fourth-order valence-corrected chi connectivity index (χ4v) is 0.984. The zero-order valence-corrected chi connectivity index (χ0v) is 12.1. The number of carbonyl (C=O) groups is 3. The average molecular weight is 308 g/mol. The first-order chi connectivity index (χ1) is 10.3. The lowest BCUT2D eigenvalue weighted by Crippen LogP contribution is -2.20. The zero-order valence-electron chi connectivity index (χ0n) is 12.1. The predicted molar refractivity (Wildman–Crippen MR) is 76.8 cm³/mol. The molecule has 1 unspecified atom stereocenters. The molecule has 1 atom stereocenters. The first-order valence-electron chi connectivity index (χ1n) is 5.98. The number of hydrogen-bond donors (Lipinski definition) is 1. The summed E-state index contributed by atoms with van der Waals surface area (Å²) in [5, 5.41) is 8.33. The van der Waals surface area contributed by atoms with Gasteiger partial charge in [-0.25, -0.2) is 19.4 Å². The first kappa shape index (κ1) is 21.4. The molecule has 0 aromatic carbocycles. The van der Waals surface area contributed by atoms with E-state index in [0.29, 0.717) is 19.4 Å². The number of Topliss-reactive ketones (excluding diaryl/α,β-unsaturated/α-hetero) is 1. The molecule has 0 spiro atoms. The van der Waals surface area contributed by atoms with Crippen LogP contribution in [0.2, 0.25) is 0 Å². The van der Waals surface area contributed by atoms with Crippen molar-refractivity contribution in [3.05, 3.63) is 24.3 Å². The molecule has 0 aromatic rings. The number of hydrogen-bond acceptors (Lipinski definition) is 7. The van der Waals surface area contributed by atoms with E-state index in [1.807, 2.05) is 0 Å². The minimum absolute atomic E-state index is 0.145. The average Bonchev–Trinajstić information content (AvgIpc) is 2.48. The summed E-state index contributed by atoms with van der Waals surface area (Å²) >= 11 is 0. The van der Waals surface area contributed by atoms with Crippen molar-refractivity contribution in [3.8, 4) is 0 Å². The molecule has 0 fully saturated rings. The third-order valence-corrected chi connectivity index (χ3v) is 2.13. The van der Waals surface area contributed by atoms with Crippen LogP contribution in [0.4, 0.5) is 0 Å². The Labute approximate surface area is 127 Å². The van der Waals surface area contributed by atoms with Gasteiger partial charge in [-0.15, -0.1) is 0 Å². The molecule has 0 aromatic heterocycles. The van der Waals surface area contributed by atoms with Gasteiger partial charge in [0.25, 0.3) is 0 Å². The van der Waals surface area contributed by atoms with Crippen LogP contribution in [0.25, 0.3) is 0 Å². The SMILES string of the molecule is C=C(C)C(=O)C(C=O)N=C=O.C=C(CCCN=C=O)C(=O)O. The Bertz CT molecular complexity index is 540. The number of aliphatic imine (C=N–C) groups is 2. The van der Waals surface area contributed by atoms with Crippen LogP contribution in [0.3, 0.4) is 0 Å². The summed E-state index contributed by atoms with van der Waals surface area (Å²) in [6.07, 6.45) is 3.67. The molecular weight excluding hydrogens is 292 g/mol. The second-order valence-corrected chi connectivity index (χ2v) is 3.93. The molecule has 0 saturated carbocycles. The number of aliphatic carboxylic acids is 1. The molecule has 0 aliphatic carbocycles. The highest BCUT2D eigenvalue weighted by Crippen LogP contribution is 2.01. The third-order valence-electron chi connectivity index (χ3n) is 2.13. The maximum absolute atomic E-state index is 10.9. The molecular formula is C14H16N2O6. The smallest absolute Gasteiger partial charge is 0.330 e. The van der Waals surface area contributed by atoms with Crippen molar-refractivity contribution in [3.63, 3.8) is 0 Å². The molecule has 0 aliphatic rings. The number of isocyanates is 2. The summed E-state index contributed by atoms with van der Waals surface area (Å²) in [5.74, 6) is -1.55. The Kier molecular flexibility index (Phi) is 12.7.